The maximum Gasteiger partial charge on any atom is 0.324 e. The molecule has 4 rings (SSSR count). The van der Waals surface area contributed by atoms with E-state index in [0.29, 0.717) is 47.0 Å². The Morgan fingerprint density at radius 3 is 2.87 bits per heavy atom. The summed E-state index contributed by atoms with van der Waals surface area (Å²) in [6, 6.07) is 5.21. The molecule has 1 aromatic carbocycles. The molecule has 3 aromatic rings. The highest BCUT2D eigenvalue weighted by atomic mass is 32.1. The fourth-order valence-electron chi connectivity index (χ4n) is 3.72. The van der Waals surface area contributed by atoms with E-state index in [1.807, 2.05) is 11.8 Å². The molecule has 0 bridgehead atoms. The molecule has 0 radical (unpaired) electrons. The lowest BCUT2D eigenvalue weighted by molar-refractivity contribution is 0.184. The van der Waals surface area contributed by atoms with E-state index < -0.39 is 11.9 Å². The lowest BCUT2D eigenvalue weighted by atomic mass is 10.1. The van der Waals surface area contributed by atoms with Gasteiger partial charge >= 0.3 is 6.03 Å². The number of aromatic nitrogens is 2. The van der Waals surface area contributed by atoms with Crippen LogP contribution in [0.25, 0.3) is 10.2 Å². The summed E-state index contributed by atoms with van der Waals surface area (Å²) in [5.41, 5.74) is 1.26. The molecule has 0 saturated carbocycles. The van der Waals surface area contributed by atoms with E-state index >= 15 is 0 Å². The first-order valence-corrected chi connectivity index (χ1v) is 10.8. The van der Waals surface area contributed by atoms with Gasteiger partial charge in [-0.2, -0.15) is 0 Å². The van der Waals surface area contributed by atoms with Crippen molar-refractivity contribution in [3.8, 4) is 0 Å². The van der Waals surface area contributed by atoms with Gasteiger partial charge in [0.2, 0.25) is 0 Å². The van der Waals surface area contributed by atoms with E-state index in [2.05, 4.69) is 15.3 Å². The maximum atomic E-state index is 14.6. The molecule has 1 fully saturated rings. The van der Waals surface area contributed by atoms with Gasteiger partial charge in [-0.1, -0.05) is 11.3 Å². The number of hydrogen-bond acceptors (Lipinski definition) is 6. The summed E-state index contributed by atoms with van der Waals surface area (Å²) in [6.07, 6.45) is 1.35. The molecular weight excluding hydrogens is 424 g/mol. The van der Waals surface area contributed by atoms with Crippen molar-refractivity contribution in [1.29, 1.82) is 0 Å². The van der Waals surface area contributed by atoms with Crippen LogP contribution in [0, 0.1) is 11.6 Å². The van der Waals surface area contributed by atoms with Crippen molar-refractivity contribution in [2.24, 2.45) is 0 Å². The molecule has 1 aliphatic rings. The first-order valence-electron chi connectivity index (χ1n) is 10.0. The van der Waals surface area contributed by atoms with E-state index in [9.17, 15) is 18.7 Å². The maximum absolute atomic E-state index is 14.6. The van der Waals surface area contributed by atoms with Gasteiger partial charge in [-0.05, 0) is 50.1 Å². The second-order valence-electron chi connectivity index (χ2n) is 7.75. The number of aliphatic hydroxyl groups excluding tert-OH is 1. The number of amides is 2. The van der Waals surface area contributed by atoms with Gasteiger partial charge in [0, 0.05) is 31.9 Å². The van der Waals surface area contributed by atoms with Gasteiger partial charge in [-0.3, -0.25) is 5.32 Å². The Morgan fingerprint density at radius 2 is 2.16 bits per heavy atom. The van der Waals surface area contributed by atoms with Crippen LogP contribution in [-0.2, 0) is 6.42 Å². The molecule has 0 spiro atoms. The lowest BCUT2D eigenvalue weighted by Gasteiger charge is -2.40. The number of fused-ring (bicyclic) bond motifs is 1. The molecule has 0 aliphatic carbocycles. The Labute approximate surface area is 182 Å². The lowest BCUT2D eigenvalue weighted by Crippen LogP contribution is -2.55. The number of urea groups is 1. The Bertz CT molecular complexity index is 1110. The number of carbonyl (C=O) groups is 1. The van der Waals surface area contributed by atoms with Crippen molar-refractivity contribution in [3.63, 3.8) is 0 Å². The predicted molar refractivity (Wildman–Crippen MR) is 117 cm³/mol. The van der Waals surface area contributed by atoms with Crippen LogP contribution in [0.1, 0.15) is 19.4 Å². The molecule has 2 aromatic heterocycles. The van der Waals surface area contributed by atoms with Crippen LogP contribution >= 0.6 is 11.3 Å². The van der Waals surface area contributed by atoms with E-state index in [-0.39, 0.29) is 23.7 Å². The van der Waals surface area contributed by atoms with Crippen molar-refractivity contribution >= 4 is 38.5 Å². The minimum Gasteiger partial charge on any atom is -0.393 e. The number of hydrogen-bond donors (Lipinski definition) is 2. The molecule has 2 amide bonds. The highest BCUT2D eigenvalue weighted by Gasteiger charge is 2.30. The van der Waals surface area contributed by atoms with Gasteiger partial charge < -0.3 is 14.9 Å². The SMILES string of the molecule is C[C@H](O)Cc1cnc(N2CCN(C(=O)Nc3nc4ccc(F)cc4s3)[C@H](C)C2)c(F)c1. The second kappa shape index (κ2) is 8.72. The number of halogens is 2. The molecule has 1 aliphatic heterocycles. The van der Waals surface area contributed by atoms with E-state index in [1.165, 1.54) is 29.5 Å². The third-order valence-electron chi connectivity index (χ3n) is 5.16. The Kier molecular flexibility index (Phi) is 6.01. The topological polar surface area (TPSA) is 81.6 Å². The number of carbonyl (C=O) groups excluding carboxylic acids is 1. The number of anilines is 2. The van der Waals surface area contributed by atoms with Crippen LogP contribution in [0.4, 0.5) is 24.5 Å². The van der Waals surface area contributed by atoms with Gasteiger partial charge in [0.1, 0.15) is 5.82 Å². The van der Waals surface area contributed by atoms with Crippen LogP contribution in [0.15, 0.2) is 30.5 Å². The van der Waals surface area contributed by atoms with Crippen LogP contribution in [0.2, 0.25) is 0 Å². The van der Waals surface area contributed by atoms with E-state index in [1.54, 1.807) is 24.1 Å². The molecule has 31 heavy (non-hydrogen) atoms. The van der Waals surface area contributed by atoms with Crippen molar-refractivity contribution in [2.45, 2.75) is 32.4 Å². The van der Waals surface area contributed by atoms with Gasteiger partial charge in [0.25, 0.3) is 0 Å². The van der Waals surface area contributed by atoms with Crippen molar-refractivity contribution in [1.82, 2.24) is 14.9 Å². The third kappa shape index (κ3) is 4.75. The van der Waals surface area contributed by atoms with Crippen LogP contribution < -0.4 is 10.2 Å². The summed E-state index contributed by atoms with van der Waals surface area (Å²) >= 11 is 1.21. The average molecular weight is 448 g/mol. The van der Waals surface area contributed by atoms with E-state index in [4.69, 9.17) is 0 Å². The van der Waals surface area contributed by atoms with Crippen LogP contribution in [0.5, 0.6) is 0 Å². The van der Waals surface area contributed by atoms with Gasteiger partial charge in [0.05, 0.1) is 16.3 Å². The fourth-order valence-corrected chi connectivity index (χ4v) is 4.60. The first-order chi connectivity index (χ1) is 14.8. The predicted octanol–water partition coefficient (Wildman–Crippen LogP) is 3.64. The minimum absolute atomic E-state index is 0.182. The summed E-state index contributed by atoms with van der Waals surface area (Å²) in [6.45, 7) is 4.78. The third-order valence-corrected chi connectivity index (χ3v) is 6.10. The number of thiazole rings is 1. The zero-order chi connectivity index (χ0) is 22.1. The highest BCUT2D eigenvalue weighted by molar-refractivity contribution is 7.22. The molecule has 2 atom stereocenters. The Balaban J connectivity index is 1.41. The monoisotopic (exact) mass is 447 g/mol. The van der Waals surface area contributed by atoms with E-state index in [0.717, 1.165) is 0 Å². The van der Waals surface area contributed by atoms with Crippen molar-refractivity contribution < 1.29 is 18.7 Å². The molecule has 164 valence electrons. The summed E-state index contributed by atoms with van der Waals surface area (Å²) in [5.74, 6) is -0.544. The Hall–Kier alpha value is -2.85. The molecule has 10 heteroatoms. The zero-order valence-electron chi connectivity index (χ0n) is 17.2. The molecular formula is C21H23F2N5O2S. The molecule has 7 nitrogen and oxygen atoms in total. The number of nitrogens with one attached hydrogen (secondary N) is 1. The quantitative estimate of drug-likeness (QED) is 0.638. The normalized spacial score (nSPS) is 17.8. The minimum atomic E-state index is -0.566. The summed E-state index contributed by atoms with van der Waals surface area (Å²) in [4.78, 5) is 24.8. The number of pyridine rings is 1. The molecule has 1 saturated heterocycles. The Morgan fingerprint density at radius 1 is 1.35 bits per heavy atom. The van der Waals surface area contributed by atoms with Gasteiger partial charge in [0.15, 0.2) is 16.8 Å². The number of nitrogens with zero attached hydrogens (tertiary/aromatic N) is 4. The smallest absolute Gasteiger partial charge is 0.324 e. The fraction of sp³-hybridized carbons (Fsp3) is 0.381. The van der Waals surface area contributed by atoms with Gasteiger partial charge in [-0.25, -0.2) is 23.5 Å². The van der Waals surface area contributed by atoms with Crippen LogP contribution in [0.3, 0.4) is 0 Å². The summed E-state index contributed by atoms with van der Waals surface area (Å²) in [5, 5.41) is 12.7. The number of aliphatic hydroxyl groups is 1. The second-order valence-corrected chi connectivity index (χ2v) is 8.78. The number of piperazine rings is 1. The zero-order valence-corrected chi connectivity index (χ0v) is 18.0. The highest BCUT2D eigenvalue weighted by Crippen LogP contribution is 2.27. The summed E-state index contributed by atoms with van der Waals surface area (Å²) in [7, 11) is 0. The average Bonchev–Trinajstić information content (AvgIpc) is 3.08. The standard InChI is InChI=1S/C21H23F2N5O2S/c1-12-11-27(19-16(23)8-14(10-24-19)7-13(2)29)5-6-28(12)21(30)26-20-25-17-4-3-15(22)9-18(17)31-20/h3-4,8-10,12-13,29H,5-7,11H2,1-2H3,(H,25,26,30)/t12-,13+/m1/s1. The molecule has 0 unspecified atom stereocenters. The van der Waals surface area contributed by atoms with Crippen LogP contribution in [-0.4, -0.2) is 57.8 Å². The van der Waals surface area contributed by atoms with Crippen molar-refractivity contribution in [3.05, 3.63) is 47.7 Å². The molecule has 2 N–H and O–H groups in total. The van der Waals surface area contributed by atoms with Gasteiger partial charge in [-0.15, -0.1) is 0 Å². The first kappa shape index (κ1) is 21.4. The number of benzene rings is 1. The largest absolute Gasteiger partial charge is 0.393 e. The number of rotatable bonds is 4. The summed E-state index contributed by atoms with van der Waals surface area (Å²) < 4.78 is 28.6. The van der Waals surface area contributed by atoms with Crippen molar-refractivity contribution in [2.75, 3.05) is 29.9 Å². The molecule has 3 heterocycles.